The second-order valence-corrected chi connectivity index (χ2v) is 11.1. The molecule has 0 unspecified atom stereocenters. The van der Waals surface area contributed by atoms with Crippen LogP contribution < -0.4 is 20.4 Å². The molecule has 2 aliphatic rings. The number of anilines is 3. The minimum Gasteiger partial charge on any atom is -0.367 e. The van der Waals surface area contributed by atoms with Crippen LogP contribution in [0.3, 0.4) is 0 Å². The maximum absolute atomic E-state index is 13.0. The summed E-state index contributed by atoms with van der Waals surface area (Å²) in [5, 5.41) is 17.8. The highest BCUT2D eigenvalue weighted by Gasteiger charge is 2.26. The highest BCUT2D eigenvalue weighted by Crippen LogP contribution is 2.32. The monoisotopic (exact) mass is 606 g/mol. The van der Waals surface area contributed by atoms with Gasteiger partial charge in [-0.1, -0.05) is 29.8 Å². The molecule has 5 rings (SSSR count). The van der Waals surface area contributed by atoms with E-state index >= 15 is 0 Å². The van der Waals surface area contributed by atoms with Crippen LogP contribution in [0.4, 0.5) is 22.7 Å². The van der Waals surface area contributed by atoms with Crippen LogP contribution in [0.15, 0.2) is 60.7 Å². The first-order chi connectivity index (χ1) is 20.2. The van der Waals surface area contributed by atoms with Crippen molar-refractivity contribution in [2.45, 2.75) is 19.8 Å². The first-order valence-corrected chi connectivity index (χ1v) is 14.5. The Kier molecular flexibility index (Phi) is 8.89. The maximum atomic E-state index is 13.0. The molecule has 2 saturated heterocycles. The van der Waals surface area contributed by atoms with E-state index in [2.05, 4.69) is 15.5 Å². The summed E-state index contributed by atoms with van der Waals surface area (Å²) in [6, 6.07) is 17.5. The zero-order chi connectivity index (χ0) is 29.8. The molecule has 0 atom stereocenters. The first kappa shape index (κ1) is 29.3. The Bertz CT molecular complexity index is 1540. The van der Waals surface area contributed by atoms with Crippen LogP contribution in [0.25, 0.3) is 0 Å². The summed E-state index contributed by atoms with van der Waals surface area (Å²) >= 11 is 11.9. The van der Waals surface area contributed by atoms with Gasteiger partial charge in [0.05, 0.1) is 15.6 Å². The summed E-state index contributed by atoms with van der Waals surface area (Å²) < 4.78 is 0. The highest BCUT2D eigenvalue weighted by molar-refractivity contribution is 7.80. The Morgan fingerprint density at radius 1 is 0.905 bits per heavy atom. The van der Waals surface area contributed by atoms with E-state index in [1.54, 1.807) is 24.3 Å². The summed E-state index contributed by atoms with van der Waals surface area (Å²) in [6.07, 6.45) is 1.97. The Labute approximate surface area is 254 Å². The van der Waals surface area contributed by atoms with Gasteiger partial charge in [0.2, 0.25) is 0 Å². The zero-order valence-electron chi connectivity index (χ0n) is 23.1. The van der Waals surface area contributed by atoms with Crippen LogP contribution >= 0.6 is 23.8 Å². The zero-order valence-corrected chi connectivity index (χ0v) is 24.7. The van der Waals surface area contributed by atoms with Crippen molar-refractivity contribution in [1.82, 2.24) is 10.2 Å². The maximum Gasteiger partial charge on any atom is 0.293 e. The quantitative estimate of drug-likeness (QED) is 0.222. The van der Waals surface area contributed by atoms with Gasteiger partial charge in [-0.15, -0.1) is 0 Å². The van der Waals surface area contributed by atoms with E-state index in [4.69, 9.17) is 23.8 Å². The number of hydrogen-bond donors (Lipinski definition) is 2. The van der Waals surface area contributed by atoms with Crippen LogP contribution in [-0.4, -0.2) is 66.0 Å². The summed E-state index contributed by atoms with van der Waals surface area (Å²) in [6.45, 7) is 5.89. The molecule has 42 heavy (non-hydrogen) atoms. The molecule has 10 nitrogen and oxygen atoms in total. The Morgan fingerprint density at radius 2 is 1.57 bits per heavy atom. The van der Waals surface area contributed by atoms with Gasteiger partial charge >= 0.3 is 0 Å². The van der Waals surface area contributed by atoms with Crippen LogP contribution in [0.2, 0.25) is 5.02 Å². The SMILES string of the molecule is Cc1ccccc1C(=O)N1CCN(c2ccc(NC(=S)NC(=O)c3ccc(N4CCCC4)c([N+](=O)[O-])c3)cc2Cl)CC1. The van der Waals surface area contributed by atoms with E-state index in [9.17, 15) is 19.7 Å². The van der Waals surface area contributed by atoms with Crippen LogP contribution in [0.1, 0.15) is 39.1 Å². The molecule has 2 fully saturated rings. The average Bonchev–Trinajstić information content (AvgIpc) is 3.52. The fourth-order valence-electron chi connectivity index (χ4n) is 5.35. The van der Waals surface area contributed by atoms with Crippen molar-refractivity contribution in [3.63, 3.8) is 0 Å². The number of nitro benzene ring substituents is 1. The predicted octanol–water partition coefficient (Wildman–Crippen LogP) is 5.25. The predicted molar refractivity (Wildman–Crippen MR) is 169 cm³/mol. The molecule has 0 aliphatic carbocycles. The molecular formula is C30H31ClN6O4S. The summed E-state index contributed by atoms with van der Waals surface area (Å²) in [7, 11) is 0. The number of nitrogens with zero attached hydrogens (tertiary/aromatic N) is 4. The van der Waals surface area contributed by atoms with E-state index in [0.717, 1.165) is 42.7 Å². The molecule has 0 saturated carbocycles. The number of benzene rings is 3. The second-order valence-electron chi connectivity index (χ2n) is 10.3. The van der Waals surface area contributed by atoms with E-state index in [1.165, 1.54) is 6.07 Å². The van der Waals surface area contributed by atoms with Gasteiger partial charge in [0.15, 0.2) is 5.11 Å². The number of rotatable bonds is 6. The van der Waals surface area contributed by atoms with Gasteiger partial charge in [0, 0.05) is 62.1 Å². The molecule has 12 heteroatoms. The lowest BCUT2D eigenvalue weighted by molar-refractivity contribution is -0.384. The number of piperazine rings is 1. The fourth-order valence-corrected chi connectivity index (χ4v) is 5.86. The summed E-state index contributed by atoms with van der Waals surface area (Å²) in [4.78, 5) is 43.0. The molecule has 218 valence electrons. The standard InChI is InChI=1S/C30H31ClN6O4S/c1-20-6-2-3-7-23(20)29(39)36-16-14-35(15-17-36)25-11-9-22(19-24(25)31)32-30(42)33-28(38)21-8-10-26(27(18-21)37(40)41)34-12-4-5-13-34/h2-3,6-11,18-19H,4-5,12-17H2,1H3,(H2,32,33,38,42). The molecule has 0 radical (unpaired) electrons. The Hall–Kier alpha value is -4.22. The van der Waals surface area contributed by atoms with Gasteiger partial charge in [0.25, 0.3) is 17.5 Å². The van der Waals surface area contributed by atoms with Crippen molar-refractivity contribution in [3.05, 3.63) is 92.5 Å². The number of halogens is 1. The third-order valence-corrected chi connectivity index (χ3v) is 8.10. The number of nitrogens with one attached hydrogen (secondary N) is 2. The minimum absolute atomic E-state index is 0.0334. The molecular weight excluding hydrogens is 576 g/mol. The number of carbonyl (C=O) groups excluding carboxylic acids is 2. The third-order valence-electron chi connectivity index (χ3n) is 7.60. The Morgan fingerprint density at radius 3 is 2.24 bits per heavy atom. The van der Waals surface area contributed by atoms with Gasteiger partial charge in [0.1, 0.15) is 5.69 Å². The van der Waals surface area contributed by atoms with Gasteiger partial charge in [-0.05, 0) is 73.9 Å². The molecule has 0 spiro atoms. The van der Waals surface area contributed by atoms with Gasteiger partial charge in [-0.3, -0.25) is 25.0 Å². The highest BCUT2D eigenvalue weighted by atomic mass is 35.5. The van der Waals surface area contributed by atoms with Crippen molar-refractivity contribution in [2.75, 3.05) is 54.4 Å². The molecule has 2 amide bonds. The lowest BCUT2D eigenvalue weighted by atomic mass is 10.1. The van der Waals surface area contributed by atoms with Crippen LogP contribution in [0, 0.1) is 17.0 Å². The average molecular weight is 607 g/mol. The minimum atomic E-state index is -0.551. The molecule has 0 aromatic heterocycles. The number of hydrogen-bond acceptors (Lipinski definition) is 7. The smallest absolute Gasteiger partial charge is 0.293 e. The van der Waals surface area contributed by atoms with E-state index in [0.29, 0.717) is 42.6 Å². The van der Waals surface area contributed by atoms with Crippen molar-refractivity contribution in [3.8, 4) is 0 Å². The first-order valence-electron chi connectivity index (χ1n) is 13.8. The Balaban J connectivity index is 1.17. The van der Waals surface area contributed by atoms with E-state index in [-0.39, 0.29) is 22.3 Å². The van der Waals surface area contributed by atoms with Gasteiger partial charge < -0.3 is 20.0 Å². The third kappa shape index (κ3) is 6.47. The number of thiocarbonyl (C=S) groups is 1. The summed E-state index contributed by atoms with van der Waals surface area (Å²) in [5.74, 6) is -0.518. The lowest BCUT2D eigenvalue weighted by Crippen LogP contribution is -2.49. The fraction of sp³-hybridized carbons (Fsp3) is 0.300. The normalized spacial score (nSPS) is 15.0. The topological polar surface area (TPSA) is 111 Å². The largest absolute Gasteiger partial charge is 0.367 e. The molecule has 2 aliphatic heterocycles. The number of nitro groups is 1. The van der Waals surface area contributed by atoms with Crippen LogP contribution in [-0.2, 0) is 0 Å². The van der Waals surface area contributed by atoms with Crippen molar-refractivity contribution in [1.29, 1.82) is 0 Å². The van der Waals surface area contributed by atoms with E-state index in [1.807, 2.05) is 47.1 Å². The number of aryl methyl sites for hydroxylation is 1. The molecule has 2 N–H and O–H groups in total. The van der Waals surface area contributed by atoms with Gasteiger partial charge in [-0.2, -0.15) is 0 Å². The van der Waals surface area contributed by atoms with Crippen molar-refractivity contribution < 1.29 is 14.5 Å². The number of amides is 2. The van der Waals surface area contributed by atoms with Gasteiger partial charge in [-0.25, -0.2) is 0 Å². The number of carbonyl (C=O) groups is 2. The molecule has 2 heterocycles. The second kappa shape index (κ2) is 12.7. The molecule has 0 bridgehead atoms. The van der Waals surface area contributed by atoms with Crippen LogP contribution in [0.5, 0.6) is 0 Å². The summed E-state index contributed by atoms with van der Waals surface area (Å²) in [5.41, 5.74) is 3.65. The molecule has 3 aromatic carbocycles. The van der Waals surface area contributed by atoms with Crippen molar-refractivity contribution in [2.24, 2.45) is 0 Å². The van der Waals surface area contributed by atoms with Crippen molar-refractivity contribution >= 4 is 63.5 Å². The van der Waals surface area contributed by atoms with E-state index < -0.39 is 10.8 Å². The lowest BCUT2D eigenvalue weighted by Gasteiger charge is -2.36. The molecule has 3 aromatic rings.